The van der Waals surface area contributed by atoms with Crippen molar-refractivity contribution in [3.63, 3.8) is 0 Å². The summed E-state index contributed by atoms with van der Waals surface area (Å²) in [7, 11) is 0. The molecule has 0 fully saturated rings. The Morgan fingerprint density at radius 3 is 2.50 bits per heavy atom. The van der Waals surface area contributed by atoms with Gasteiger partial charge < -0.3 is 11.5 Å². The molecular weight excluding hydrogens is 199 g/mol. The minimum Gasteiger partial charge on any atom is -0.397 e. The van der Waals surface area contributed by atoms with E-state index in [-0.39, 0.29) is 0 Å². The van der Waals surface area contributed by atoms with Crippen molar-refractivity contribution < 1.29 is 18.0 Å². The summed E-state index contributed by atoms with van der Waals surface area (Å²) in [6.45, 7) is 0. The molecule has 7 heteroatoms. The van der Waals surface area contributed by atoms with Gasteiger partial charge in [0, 0.05) is 0 Å². The fraction of sp³-hybridized carbons (Fsp3) is 0.143. The summed E-state index contributed by atoms with van der Waals surface area (Å²) in [4.78, 5) is 13.4. The molecule has 0 radical (unpaired) electrons. The minimum absolute atomic E-state index is 0.463. The maximum absolute atomic E-state index is 12.8. The molecule has 14 heavy (non-hydrogen) atoms. The first-order chi connectivity index (χ1) is 6.43. The zero-order chi connectivity index (χ0) is 10.9. The van der Waals surface area contributed by atoms with Gasteiger partial charge in [-0.1, -0.05) is 0 Å². The summed E-state index contributed by atoms with van der Waals surface area (Å²) in [6, 6.07) is 0.742. The van der Waals surface area contributed by atoms with Crippen LogP contribution in [0.15, 0.2) is 6.07 Å². The lowest BCUT2D eigenvalue weighted by atomic mass is 10.2. The number of nitrogens with two attached hydrogens (primary N) is 2. The van der Waals surface area contributed by atoms with Gasteiger partial charge in [-0.3, -0.25) is 4.79 Å². The molecule has 0 bridgehead atoms. The molecule has 0 saturated heterocycles. The highest BCUT2D eigenvalue weighted by Gasteiger charge is 2.19. The number of aromatic nitrogens is 1. The smallest absolute Gasteiger partial charge is 0.282 e. The Bertz CT molecular complexity index is 381. The highest BCUT2D eigenvalue weighted by molar-refractivity contribution is 5.93. The van der Waals surface area contributed by atoms with Crippen molar-refractivity contribution in [2.24, 2.45) is 5.73 Å². The summed E-state index contributed by atoms with van der Waals surface area (Å²) in [5.74, 6) is -2.45. The van der Waals surface area contributed by atoms with E-state index in [4.69, 9.17) is 11.5 Å². The normalized spacial score (nSPS) is 10.6. The molecule has 0 aliphatic carbocycles. The van der Waals surface area contributed by atoms with Gasteiger partial charge in [0.05, 0.1) is 11.3 Å². The van der Waals surface area contributed by atoms with Crippen LogP contribution in [-0.4, -0.2) is 10.9 Å². The van der Waals surface area contributed by atoms with Crippen molar-refractivity contribution in [3.05, 3.63) is 23.3 Å². The second-order valence-corrected chi connectivity index (χ2v) is 2.47. The van der Waals surface area contributed by atoms with E-state index in [1.165, 1.54) is 0 Å². The lowest BCUT2D eigenvalue weighted by Crippen LogP contribution is -2.16. The molecule has 0 aliphatic heterocycles. The zero-order valence-electron chi connectivity index (χ0n) is 6.80. The maximum Gasteiger partial charge on any atom is 0.282 e. The molecule has 0 aromatic carbocycles. The number of anilines is 1. The van der Waals surface area contributed by atoms with Crippen LogP contribution in [0.2, 0.25) is 0 Å². The molecule has 1 amide bonds. The summed E-state index contributed by atoms with van der Waals surface area (Å²) in [6.07, 6.45) is -2.99. The van der Waals surface area contributed by atoms with Crippen molar-refractivity contribution in [3.8, 4) is 0 Å². The fourth-order valence-electron chi connectivity index (χ4n) is 0.867. The van der Waals surface area contributed by atoms with Crippen molar-refractivity contribution in [1.29, 1.82) is 0 Å². The summed E-state index contributed by atoms with van der Waals surface area (Å²) >= 11 is 0. The van der Waals surface area contributed by atoms with Crippen LogP contribution in [-0.2, 0) is 0 Å². The van der Waals surface area contributed by atoms with Crippen LogP contribution in [0.3, 0.4) is 0 Å². The van der Waals surface area contributed by atoms with Gasteiger partial charge in [0.15, 0.2) is 0 Å². The highest BCUT2D eigenvalue weighted by atomic mass is 19.3. The van der Waals surface area contributed by atoms with Crippen LogP contribution >= 0.6 is 0 Å². The quantitative estimate of drug-likeness (QED) is 0.702. The fourth-order valence-corrected chi connectivity index (χ4v) is 0.867. The molecule has 0 spiro atoms. The van der Waals surface area contributed by atoms with Gasteiger partial charge in [-0.05, 0) is 6.07 Å². The molecule has 0 saturated carbocycles. The van der Waals surface area contributed by atoms with Gasteiger partial charge in [0.25, 0.3) is 12.3 Å². The largest absolute Gasteiger partial charge is 0.397 e. The first-order valence-corrected chi connectivity index (χ1v) is 3.47. The first kappa shape index (κ1) is 10.3. The number of pyridine rings is 1. The van der Waals surface area contributed by atoms with E-state index in [1.54, 1.807) is 0 Å². The number of nitrogen functional groups attached to an aromatic ring is 1. The van der Waals surface area contributed by atoms with Gasteiger partial charge in [-0.15, -0.1) is 0 Å². The zero-order valence-corrected chi connectivity index (χ0v) is 6.80. The van der Waals surface area contributed by atoms with Gasteiger partial charge >= 0.3 is 0 Å². The summed E-state index contributed by atoms with van der Waals surface area (Å²) in [5, 5.41) is 0. The third-order valence-electron chi connectivity index (χ3n) is 1.51. The van der Waals surface area contributed by atoms with Crippen molar-refractivity contribution in [2.75, 3.05) is 5.73 Å². The van der Waals surface area contributed by atoms with Crippen LogP contribution in [0.1, 0.15) is 22.5 Å². The maximum atomic E-state index is 12.8. The molecular formula is C7H6F3N3O. The van der Waals surface area contributed by atoms with Crippen molar-refractivity contribution >= 4 is 11.6 Å². The lowest BCUT2D eigenvalue weighted by Gasteiger charge is -2.05. The Hall–Kier alpha value is -1.79. The molecule has 4 nitrogen and oxygen atoms in total. The Morgan fingerprint density at radius 2 is 2.07 bits per heavy atom. The van der Waals surface area contributed by atoms with E-state index in [0.717, 1.165) is 6.07 Å². The molecule has 4 N–H and O–H groups in total. The molecule has 76 valence electrons. The van der Waals surface area contributed by atoms with E-state index in [9.17, 15) is 18.0 Å². The van der Waals surface area contributed by atoms with E-state index >= 15 is 0 Å². The number of halogens is 3. The number of carbonyl (C=O) groups excluding carboxylic acids is 1. The highest BCUT2D eigenvalue weighted by Crippen LogP contribution is 2.24. The molecule has 1 heterocycles. The van der Waals surface area contributed by atoms with Crippen molar-refractivity contribution in [2.45, 2.75) is 6.43 Å². The van der Waals surface area contributed by atoms with Gasteiger partial charge in [0.1, 0.15) is 5.69 Å². The topological polar surface area (TPSA) is 82.0 Å². The minimum atomic E-state index is -2.99. The number of nitrogens with zero attached hydrogens (tertiary/aromatic N) is 1. The first-order valence-electron chi connectivity index (χ1n) is 3.47. The number of hydrogen-bond acceptors (Lipinski definition) is 3. The predicted octanol–water partition coefficient (Wildman–Crippen LogP) is 0.839. The van der Waals surface area contributed by atoms with E-state index in [2.05, 4.69) is 4.98 Å². The Kier molecular flexibility index (Phi) is 2.59. The van der Waals surface area contributed by atoms with Crippen LogP contribution in [0.5, 0.6) is 0 Å². The van der Waals surface area contributed by atoms with E-state index in [0.29, 0.717) is 0 Å². The SMILES string of the molecule is NC(=O)c1cc(N)c(C(F)F)nc1F. The van der Waals surface area contributed by atoms with Crippen LogP contribution in [0, 0.1) is 5.95 Å². The average Bonchev–Trinajstić information content (AvgIpc) is 2.07. The predicted molar refractivity (Wildman–Crippen MR) is 42.1 cm³/mol. The third kappa shape index (κ3) is 1.76. The molecule has 0 atom stereocenters. The second-order valence-electron chi connectivity index (χ2n) is 2.47. The number of carbonyl (C=O) groups is 1. The van der Waals surface area contributed by atoms with Gasteiger partial charge in [-0.2, -0.15) is 4.39 Å². The number of primary amides is 1. The lowest BCUT2D eigenvalue weighted by molar-refractivity contribution is 0.0994. The standard InChI is InChI=1S/C7H6F3N3O/c8-5(9)4-3(11)1-2(7(12)14)6(10)13-4/h1,5H,11H2,(H2,12,14). The Balaban J connectivity index is 3.31. The number of hydrogen-bond donors (Lipinski definition) is 2. The van der Waals surface area contributed by atoms with Crippen LogP contribution < -0.4 is 11.5 Å². The monoisotopic (exact) mass is 205 g/mol. The Labute approximate surface area is 76.7 Å². The number of amides is 1. The van der Waals surface area contributed by atoms with E-state index in [1.807, 2.05) is 0 Å². The van der Waals surface area contributed by atoms with Crippen LogP contribution in [0.25, 0.3) is 0 Å². The number of alkyl halides is 2. The van der Waals surface area contributed by atoms with Gasteiger partial charge in [-0.25, -0.2) is 13.8 Å². The van der Waals surface area contributed by atoms with Crippen LogP contribution in [0.4, 0.5) is 18.9 Å². The molecule has 0 unspecified atom stereocenters. The number of rotatable bonds is 2. The molecule has 1 aromatic heterocycles. The second kappa shape index (κ2) is 3.52. The molecule has 0 aliphatic rings. The van der Waals surface area contributed by atoms with Crippen molar-refractivity contribution in [1.82, 2.24) is 4.98 Å². The molecule has 1 rings (SSSR count). The summed E-state index contributed by atoms with van der Waals surface area (Å²) < 4.78 is 37.1. The summed E-state index contributed by atoms with van der Waals surface area (Å²) in [5.41, 5.74) is 7.90. The molecule has 1 aromatic rings. The average molecular weight is 205 g/mol. The van der Waals surface area contributed by atoms with Gasteiger partial charge in [0.2, 0.25) is 5.95 Å². The third-order valence-corrected chi connectivity index (χ3v) is 1.51. The van der Waals surface area contributed by atoms with E-state index < -0.39 is 35.2 Å². The Morgan fingerprint density at radius 1 is 1.50 bits per heavy atom.